The molecule has 18 heavy (non-hydrogen) atoms. The first-order valence-electron chi connectivity index (χ1n) is 5.93. The minimum absolute atomic E-state index is 0.104. The molecule has 1 atom stereocenters. The number of carbonyl (C=O) groups is 1. The van der Waals surface area contributed by atoms with Crippen molar-refractivity contribution in [2.45, 2.75) is 12.8 Å². The van der Waals surface area contributed by atoms with Crippen molar-refractivity contribution in [3.05, 3.63) is 23.0 Å². The average molecular weight is 270 g/mol. The number of likely N-dealkylation sites (tertiary alicyclic amines) is 1. The van der Waals surface area contributed by atoms with Gasteiger partial charge in [0.2, 0.25) is 0 Å². The molecule has 1 unspecified atom stereocenters. The Balaban J connectivity index is 2.17. The van der Waals surface area contributed by atoms with Crippen LogP contribution in [0.4, 0.5) is 5.69 Å². The highest BCUT2D eigenvalue weighted by atomic mass is 35.5. The number of rotatable bonds is 2. The first-order chi connectivity index (χ1) is 8.61. The highest BCUT2D eigenvalue weighted by molar-refractivity contribution is 6.32. The van der Waals surface area contributed by atoms with Crippen molar-refractivity contribution in [2.75, 3.05) is 25.4 Å². The molecule has 1 fully saturated rings. The molecule has 0 spiro atoms. The fraction of sp³-hybridized carbons (Fsp3) is 0.500. The molecule has 5 nitrogen and oxygen atoms in total. The summed E-state index contributed by atoms with van der Waals surface area (Å²) in [5.41, 5.74) is 6.36. The van der Waals surface area contributed by atoms with Gasteiger partial charge in [-0.25, -0.2) is 4.98 Å². The third kappa shape index (κ3) is 2.73. The number of anilines is 1. The number of nitrogens with zero attached hydrogens (tertiary/aromatic N) is 2. The predicted molar refractivity (Wildman–Crippen MR) is 69.4 cm³/mol. The van der Waals surface area contributed by atoms with Crippen LogP contribution in [0.2, 0.25) is 5.15 Å². The van der Waals surface area contributed by atoms with Gasteiger partial charge in [0, 0.05) is 19.7 Å². The lowest BCUT2D eigenvalue weighted by atomic mass is 9.98. The van der Waals surface area contributed by atoms with Crippen LogP contribution in [0.15, 0.2) is 12.3 Å². The van der Waals surface area contributed by atoms with Gasteiger partial charge in [0.1, 0.15) is 5.15 Å². The number of amides is 1. The Morgan fingerprint density at radius 2 is 2.44 bits per heavy atom. The molecule has 98 valence electrons. The van der Waals surface area contributed by atoms with Gasteiger partial charge < -0.3 is 15.7 Å². The molecule has 6 heteroatoms. The SMILES string of the molecule is Nc1cnc(Cl)c(C(=O)N2CCCC(CO)C2)c1. The van der Waals surface area contributed by atoms with Crippen LogP contribution in [0.5, 0.6) is 0 Å². The van der Waals surface area contributed by atoms with Crippen molar-refractivity contribution in [3.8, 4) is 0 Å². The summed E-state index contributed by atoms with van der Waals surface area (Å²) in [4.78, 5) is 17.9. The lowest BCUT2D eigenvalue weighted by molar-refractivity contribution is 0.0620. The Kier molecular flexibility index (Phi) is 4.04. The van der Waals surface area contributed by atoms with Gasteiger partial charge in [-0.1, -0.05) is 11.6 Å². The van der Waals surface area contributed by atoms with E-state index in [-0.39, 0.29) is 23.6 Å². The van der Waals surface area contributed by atoms with E-state index >= 15 is 0 Å². The molecule has 0 saturated carbocycles. The van der Waals surface area contributed by atoms with E-state index in [2.05, 4.69) is 4.98 Å². The smallest absolute Gasteiger partial charge is 0.257 e. The molecule has 0 aromatic carbocycles. The maximum absolute atomic E-state index is 12.3. The van der Waals surface area contributed by atoms with Crippen molar-refractivity contribution < 1.29 is 9.90 Å². The Hall–Kier alpha value is -1.33. The quantitative estimate of drug-likeness (QED) is 0.790. The molecular formula is C12H16ClN3O2. The number of halogens is 1. The summed E-state index contributed by atoms with van der Waals surface area (Å²) in [6.07, 6.45) is 3.26. The number of piperidine rings is 1. The van der Waals surface area contributed by atoms with Crippen molar-refractivity contribution in [1.82, 2.24) is 9.88 Å². The maximum atomic E-state index is 12.3. The second-order valence-corrected chi connectivity index (χ2v) is 4.91. The molecule has 1 aromatic heterocycles. The van der Waals surface area contributed by atoms with Gasteiger partial charge in [-0.3, -0.25) is 4.79 Å². The molecule has 2 rings (SSSR count). The lowest BCUT2D eigenvalue weighted by Gasteiger charge is -2.32. The number of aliphatic hydroxyl groups is 1. The van der Waals surface area contributed by atoms with E-state index in [0.717, 1.165) is 12.8 Å². The molecule has 1 aliphatic rings. The molecule has 2 heterocycles. The molecule has 1 amide bonds. The molecule has 0 bridgehead atoms. The molecule has 0 aliphatic carbocycles. The van der Waals surface area contributed by atoms with Crippen LogP contribution < -0.4 is 5.73 Å². The van der Waals surface area contributed by atoms with Gasteiger partial charge in [-0.15, -0.1) is 0 Å². The van der Waals surface area contributed by atoms with E-state index in [1.165, 1.54) is 6.20 Å². The number of nitrogen functional groups attached to an aromatic ring is 1. The van der Waals surface area contributed by atoms with Crippen LogP contribution in [0.1, 0.15) is 23.2 Å². The van der Waals surface area contributed by atoms with Gasteiger partial charge in [-0.2, -0.15) is 0 Å². The maximum Gasteiger partial charge on any atom is 0.257 e. The highest BCUT2D eigenvalue weighted by Gasteiger charge is 2.25. The third-order valence-corrected chi connectivity index (χ3v) is 3.46. The summed E-state index contributed by atoms with van der Waals surface area (Å²) in [5.74, 6) is -0.0200. The van der Waals surface area contributed by atoms with E-state index in [1.807, 2.05) is 0 Å². The summed E-state index contributed by atoms with van der Waals surface area (Å²) < 4.78 is 0. The predicted octanol–water partition coefficient (Wildman–Crippen LogP) is 1.16. The van der Waals surface area contributed by atoms with Crippen LogP contribution in [-0.4, -0.2) is 40.6 Å². The minimum atomic E-state index is -0.169. The number of hydrogen-bond acceptors (Lipinski definition) is 4. The Morgan fingerprint density at radius 1 is 1.67 bits per heavy atom. The summed E-state index contributed by atoms with van der Waals surface area (Å²) in [6, 6.07) is 1.54. The summed E-state index contributed by atoms with van der Waals surface area (Å²) in [7, 11) is 0. The van der Waals surface area contributed by atoms with Crippen molar-refractivity contribution in [2.24, 2.45) is 5.92 Å². The van der Waals surface area contributed by atoms with E-state index in [9.17, 15) is 4.79 Å². The first-order valence-corrected chi connectivity index (χ1v) is 6.30. The van der Waals surface area contributed by atoms with E-state index in [0.29, 0.717) is 24.3 Å². The number of nitrogens with two attached hydrogens (primary N) is 1. The Labute approximate surface area is 111 Å². The van der Waals surface area contributed by atoms with Crippen LogP contribution in [0, 0.1) is 5.92 Å². The first kappa shape index (κ1) is 13.1. The molecule has 0 radical (unpaired) electrons. The standard InChI is InChI=1S/C12H16ClN3O2/c13-11-10(4-9(14)5-15-11)12(18)16-3-1-2-8(6-16)7-17/h4-5,8,17H,1-3,6-7,14H2. The number of pyridine rings is 1. The van der Waals surface area contributed by atoms with Gasteiger partial charge in [-0.05, 0) is 24.8 Å². The minimum Gasteiger partial charge on any atom is -0.397 e. The van der Waals surface area contributed by atoms with Crippen LogP contribution in [0.25, 0.3) is 0 Å². The van der Waals surface area contributed by atoms with Crippen molar-refractivity contribution in [1.29, 1.82) is 0 Å². The van der Waals surface area contributed by atoms with Gasteiger partial charge in [0.25, 0.3) is 5.91 Å². The number of aliphatic hydroxyl groups excluding tert-OH is 1. The molecular weight excluding hydrogens is 254 g/mol. The molecule has 1 aliphatic heterocycles. The van der Waals surface area contributed by atoms with Crippen LogP contribution in [0.3, 0.4) is 0 Å². The molecule has 1 saturated heterocycles. The number of aromatic nitrogens is 1. The van der Waals surface area contributed by atoms with Gasteiger partial charge >= 0.3 is 0 Å². The van der Waals surface area contributed by atoms with E-state index < -0.39 is 0 Å². The fourth-order valence-corrected chi connectivity index (χ4v) is 2.37. The largest absolute Gasteiger partial charge is 0.397 e. The van der Waals surface area contributed by atoms with Crippen LogP contribution in [-0.2, 0) is 0 Å². The second-order valence-electron chi connectivity index (χ2n) is 4.55. The zero-order chi connectivity index (χ0) is 13.1. The van der Waals surface area contributed by atoms with Gasteiger partial charge in [0.05, 0.1) is 17.4 Å². The average Bonchev–Trinajstić information content (AvgIpc) is 2.41. The summed E-state index contributed by atoms with van der Waals surface area (Å²) in [5, 5.41) is 9.33. The van der Waals surface area contributed by atoms with Crippen molar-refractivity contribution >= 4 is 23.2 Å². The van der Waals surface area contributed by atoms with E-state index in [1.54, 1.807) is 11.0 Å². The topological polar surface area (TPSA) is 79.5 Å². The third-order valence-electron chi connectivity index (χ3n) is 3.16. The zero-order valence-electron chi connectivity index (χ0n) is 9.97. The molecule has 1 aromatic rings. The monoisotopic (exact) mass is 269 g/mol. The zero-order valence-corrected chi connectivity index (χ0v) is 10.7. The normalized spacial score (nSPS) is 19.9. The summed E-state index contributed by atoms with van der Waals surface area (Å²) in [6.45, 7) is 1.34. The fourth-order valence-electron chi connectivity index (χ4n) is 2.18. The Morgan fingerprint density at radius 3 is 3.17 bits per heavy atom. The highest BCUT2D eigenvalue weighted by Crippen LogP contribution is 2.22. The number of hydrogen-bond donors (Lipinski definition) is 2. The lowest BCUT2D eigenvalue weighted by Crippen LogP contribution is -2.41. The van der Waals surface area contributed by atoms with Crippen LogP contribution >= 0.6 is 11.6 Å². The second kappa shape index (κ2) is 5.54. The Bertz CT molecular complexity index is 453. The van der Waals surface area contributed by atoms with Crippen molar-refractivity contribution in [3.63, 3.8) is 0 Å². The number of carbonyl (C=O) groups excluding carboxylic acids is 1. The summed E-state index contributed by atoms with van der Waals surface area (Å²) >= 11 is 5.92. The van der Waals surface area contributed by atoms with E-state index in [4.69, 9.17) is 22.4 Å². The van der Waals surface area contributed by atoms with Gasteiger partial charge in [0.15, 0.2) is 0 Å². The molecule has 3 N–H and O–H groups in total.